The van der Waals surface area contributed by atoms with Gasteiger partial charge in [0.05, 0.1) is 19.7 Å². The number of hydrogen-bond acceptors (Lipinski definition) is 6. The number of hydrogen-bond donors (Lipinski definition) is 2. The average Bonchev–Trinajstić information content (AvgIpc) is 3.08. The van der Waals surface area contributed by atoms with Crippen molar-refractivity contribution in [3.63, 3.8) is 0 Å². The smallest absolute Gasteiger partial charge is 0.387 e. The molecule has 0 bridgehead atoms. The van der Waals surface area contributed by atoms with E-state index in [0.29, 0.717) is 42.1 Å². The normalized spacial score (nSPS) is 11.6. The largest absolute Gasteiger partial charge is 0.493 e. The monoisotopic (exact) mass is 397 g/mol. The second kappa shape index (κ2) is 11.1. The predicted molar refractivity (Wildman–Crippen MR) is 99.6 cm³/mol. The highest BCUT2D eigenvalue weighted by molar-refractivity contribution is 5.79. The molecule has 2 N–H and O–H groups in total. The number of rotatable bonds is 10. The average molecular weight is 397 g/mol. The maximum Gasteiger partial charge on any atom is 0.387 e. The Hall–Kier alpha value is -2.91. The zero-order chi connectivity index (χ0) is 20.4. The Bertz CT molecular complexity index is 767. The highest BCUT2D eigenvalue weighted by Crippen LogP contribution is 2.27. The molecule has 0 radical (unpaired) electrons. The Labute approximate surface area is 162 Å². The fourth-order valence-corrected chi connectivity index (χ4v) is 2.26. The van der Waals surface area contributed by atoms with E-state index in [9.17, 15) is 8.78 Å². The van der Waals surface area contributed by atoms with Crippen LogP contribution in [-0.2, 0) is 13.1 Å². The molecule has 0 aliphatic heterocycles. The molecule has 0 aliphatic carbocycles. The van der Waals surface area contributed by atoms with Crippen molar-refractivity contribution >= 4 is 5.96 Å². The van der Waals surface area contributed by atoms with Crippen LogP contribution in [0.2, 0.25) is 0 Å². The molecular formula is C18H25F2N5O3. The number of nitrogens with zero attached hydrogens (tertiary/aromatic N) is 3. The zero-order valence-corrected chi connectivity index (χ0v) is 16.2. The van der Waals surface area contributed by atoms with Gasteiger partial charge in [-0.3, -0.25) is 0 Å². The Morgan fingerprint density at radius 2 is 2.11 bits per heavy atom. The first-order chi connectivity index (χ1) is 13.5. The lowest BCUT2D eigenvalue weighted by molar-refractivity contribution is -0.0505. The van der Waals surface area contributed by atoms with Crippen LogP contribution in [0.1, 0.15) is 37.5 Å². The quantitative estimate of drug-likeness (QED) is 0.470. The summed E-state index contributed by atoms with van der Waals surface area (Å²) >= 11 is 0. The summed E-state index contributed by atoms with van der Waals surface area (Å²) < 4.78 is 40.7. The third-order valence-corrected chi connectivity index (χ3v) is 3.46. The van der Waals surface area contributed by atoms with Crippen molar-refractivity contribution in [3.05, 3.63) is 35.5 Å². The highest BCUT2D eigenvalue weighted by Gasteiger charge is 2.12. The van der Waals surface area contributed by atoms with Crippen LogP contribution < -0.4 is 20.1 Å². The van der Waals surface area contributed by atoms with Crippen LogP contribution in [0.25, 0.3) is 0 Å². The molecule has 0 saturated carbocycles. The van der Waals surface area contributed by atoms with E-state index in [1.54, 1.807) is 19.1 Å². The third-order valence-electron chi connectivity index (χ3n) is 3.46. The van der Waals surface area contributed by atoms with Gasteiger partial charge in [0.25, 0.3) is 0 Å². The van der Waals surface area contributed by atoms with Crippen LogP contribution >= 0.6 is 0 Å². The molecule has 0 saturated heterocycles. The lowest BCUT2D eigenvalue weighted by Crippen LogP contribution is -2.36. The van der Waals surface area contributed by atoms with E-state index in [4.69, 9.17) is 9.26 Å². The van der Waals surface area contributed by atoms with Crippen molar-refractivity contribution in [1.29, 1.82) is 0 Å². The van der Waals surface area contributed by atoms with E-state index in [1.165, 1.54) is 6.07 Å². The van der Waals surface area contributed by atoms with Gasteiger partial charge in [-0.2, -0.15) is 13.8 Å². The van der Waals surface area contributed by atoms with Crippen molar-refractivity contribution in [2.45, 2.75) is 46.9 Å². The zero-order valence-electron chi connectivity index (χ0n) is 16.2. The van der Waals surface area contributed by atoms with Crippen molar-refractivity contribution < 1.29 is 22.8 Å². The van der Waals surface area contributed by atoms with E-state index < -0.39 is 6.61 Å². The molecule has 154 valence electrons. The number of aryl methyl sites for hydroxylation is 1. The van der Waals surface area contributed by atoms with E-state index in [1.807, 2.05) is 13.8 Å². The number of aliphatic imine (C=N–C) groups is 1. The van der Waals surface area contributed by atoms with Gasteiger partial charge in [0.2, 0.25) is 5.89 Å². The summed E-state index contributed by atoms with van der Waals surface area (Å²) in [6.45, 7) is 4.21. The molecule has 2 aromatic rings. The summed E-state index contributed by atoms with van der Waals surface area (Å²) in [6.07, 6.45) is 0.814. The lowest BCUT2D eigenvalue weighted by atomic mass is 10.2. The molecule has 8 nitrogen and oxygen atoms in total. The van der Waals surface area contributed by atoms with Crippen LogP contribution in [0.5, 0.6) is 11.5 Å². The number of benzene rings is 1. The first kappa shape index (κ1) is 21.4. The van der Waals surface area contributed by atoms with E-state index in [-0.39, 0.29) is 18.8 Å². The summed E-state index contributed by atoms with van der Waals surface area (Å²) in [4.78, 5) is 8.51. The maximum atomic E-state index is 12.8. The minimum Gasteiger partial charge on any atom is -0.493 e. The molecule has 10 heteroatoms. The molecule has 1 aromatic heterocycles. The van der Waals surface area contributed by atoms with Gasteiger partial charge >= 0.3 is 6.61 Å². The van der Waals surface area contributed by atoms with Crippen LogP contribution in [0.4, 0.5) is 8.78 Å². The number of nitrogens with one attached hydrogen (secondary N) is 2. The Morgan fingerprint density at radius 3 is 2.75 bits per heavy atom. The predicted octanol–water partition coefficient (Wildman–Crippen LogP) is 3.02. The maximum absolute atomic E-state index is 12.8. The third kappa shape index (κ3) is 7.01. The van der Waals surface area contributed by atoms with Crippen molar-refractivity contribution in [2.75, 3.05) is 13.2 Å². The molecule has 2 rings (SSSR count). The highest BCUT2D eigenvalue weighted by atomic mass is 19.3. The fraction of sp³-hybridized carbons (Fsp3) is 0.500. The minimum atomic E-state index is -2.93. The van der Waals surface area contributed by atoms with Gasteiger partial charge in [0, 0.05) is 18.2 Å². The minimum absolute atomic E-state index is 0.0377. The Morgan fingerprint density at radius 1 is 1.29 bits per heavy atom. The topological polar surface area (TPSA) is 93.8 Å². The van der Waals surface area contributed by atoms with E-state index in [2.05, 4.69) is 30.5 Å². The molecule has 0 aliphatic rings. The van der Waals surface area contributed by atoms with Gasteiger partial charge in [0.15, 0.2) is 11.8 Å². The lowest BCUT2D eigenvalue weighted by Gasteiger charge is -2.13. The summed E-state index contributed by atoms with van der Waals surface area (Å²) in [5, 5.41) is 9.83. The molecular weight excluding hydrogens is 372 g/mol. The molecule has 0 spiro atoms. The van der Waals surface area contributed by atoms with Gasteiger partial charge in [-0.25, -0.2) is 4.99 Å². The molecule has 0 fully saturated rings. The van der Waals surface area contributed by atoms with Crippen molar-refractivity contribution in [3.8, 4) is 11.5 Å². The van der Waals surface area contributed by atoms with Crippen LogP contribution in [0, 0.1) is 6.92 Å². The Kier molecular flexibility index (Phi) is 8.44. The number of aromatic nitrogens is 2. The van der Waals surface area contributed by atoms with Gasteiger partial charge in [-0.15, -0.1) is 0 Å². The van der Waals surface area contributed by atoms with Crippen LogP contribution in [0.3, 0.4) is 0 Å². The van der Waals surface area contributed by atoms with Crippen LogP contribution in [0.15, 0.2) is 27.7 Å². The summed E-state index contributed by atoms with van der Waals surface area (Å²) in [5.41, 5.74) is 0.509. The van der Waals surface area contributed by atoms with Crippen LogP contribution in [-0.4, -0.2) is 35.9 Å². The first-order valence-corrected chi connectivity index (χ1v) is 9.03. The molecule has 0 amide bonds. The van der Waals surface area contributed by atoms with Gasteiger partial charge in [-0.1, -0.05) is 12.1 Å². The molecule has 0 unspecified atom stereocenters. The van der Waals surface area contributed by atoms with Crippen molar-refractivity contribution in [1.82, 2.24) is 20.8 Å². The molecule has 1 aromatic carbocycles. The number of ether oxygens (including phenoxy) is 2. The molecule has 28 heavy (non-hydrogen) atoms. The van der Waals surface area contributed by atoms with Gasteiger partial charge < -0.3 is 24.6 Å². The first-order valence-electron chi connectivity index (χ1n) is 9.03. The second-order valence-corrected chi connectivity index (χ2v) is 5.78. The number of halogens is 2. The fourth-order valence-electron chi connectivity index (χ4n) is 2.26. The molecule has 0 atom stereocenters. The number of guanidine groups is 1. The Balaban J connectivity index is 2.09. The van der Waals surface area contributed by atoms with E-state index >= 15 is 0 Å². The molecule has 1 heterocycles. The van der Waals surface area contributed by atoms with Crippen molar-refractivity contribution in [2.24, 2.45) is 4.99 Å². The SMILES string of the molecule is CCCOc1ccc(CN=C(NCC)NCc2nc(C)no2)c(OC(F)F)c1. The summed E-state index contributed by atoms with van der Waals surface area (Å²) in [6, 6.07) is 4.83. The van der Waals surface area contributed by atoms with Gasteiger partial charge in [-0.05, 0) is 32.4 Å². The number of alkyl halides is 2. The van der Waals surface area contributed by atoms with E-state index in [0.717, 1.165) is 6.42 Å². The summed E-state index contributed by atoms with van der Waals surface area (Å²) in [7, 11) is 0. The standard InChI is InChI=1S/C18H25F2N5O3/c1-4-8-26-14-7-6-13(15(9-14)27-17(19)20)10-22-18(21-5-2)23-11-16-24-12(3)25-28-16/h6-7,9,17H,4-5,8,10-11H2,1-3H3,(H2,21,22,23). The second-order valence-electron chi connectivity index (χ2n) is 5.78. The summed E-state index contributed by atoms with van der Waals surface area (Å²) in [5.74, 6) is 1.95. The van der Waals surface area contributed by atoms with Gasteiger partial charge in [0.1, 0.15) is 11.5 Å².